The molecule has 1 rings (SSSR count). The van der Waals surface area contributed by atoms with Gasteiger partial charge in [0, 0.05) is 24.9 Å². The molecule has 0 bridgehead atoms. The summed E-state index contributed by atoms with van der Waals surface area (Å²) in [5.74, 6) is 0.965. The molecule has 0 aliphatic rings. The van der Waals surface area contributed by atoms with Crippen molar-refractivity contribution in [3.8, 4) is 0 Å². The van der Waals surface area contributed by atoms with Crippen molar-refractivity contribution < 1.29 is 0 Å². The number of nitrogens with one attached hydrogen (secondary N) is 1. The lowest BCUT2D eigenvalue weighted by molar-refractivity contribution is 0.864. The van der Waals surface area contributed by atoms with Gasteiger partial charge in [-0.2, -0.15) is 4.98 Å². The van der Waals surface area contributed by atoms with Gasteiger partial charge in [0.1, 0.15) is 6.33 Å². The van der Waals surface area contributed by atoms with Gasteiger partial charge in [-0.25, -0.2) is 9.97 Å². The number of nitrogens with zero attached hydrogens (tertiary/aromatic N) is 4. The molecule has 1 N–H and O–H groups in total. The Morgan fingerprint density at radius 3 is 2.69 bits per heavy atom. The first-order chi connectivity index (χ1) is 6.09. The smallest absolute Gasteiger partial charge is 0.244 e. The van der Waals surface area contributed by atoms with Crippen LogP contribution in [0.2, 0.25) is 0 Å². The summed E-state index contributed by atoms with van der Waals surface area (Å²) in [5.41, 5.74) is 0. The molecule has 0 aliphatic carbocycles. The van der Waals surface area contributed by atoms with E-state index < -0.39 is 0 Å². The summed E-state index contributed by atoms with van der Waals surface area (Å²) in [6.45, 7) is 4.02. The van der Waals surface area contributed by atoms with Gasteiger partial charge in [-0.1, -0.05) is 0 Å². The number of halogens is 1. The minimum absolute atomic E-state index is 0.288. The second-order valence-electron chi connectivity index (χ2n) is 2.89. The molecule has 72 valence electrons. The van der Waals surface area contributed by atoms with Crippen molar-refractivity contribution >= 4 is 23.7 Å². The van der Waals surface area contributed by atoms with Crippen LogP contribution in [0.5, 0.6) is 0 Å². The minimum atomic E-state index is 0.288. The fourth-order valence-corrected chi connectivity index (χ4v) is 0.845. The van der Waals surface area contributed by atoms with E-state index in [1.165, 1.54) is 10.7 Å². The summed E-state index contributed by atoms with van der Waals surface area (Å²) in [5, 5.41) is 3.05. The molecular formula is C7H12ClN5. The van der Waals surface area contributed by atoms with Crippen molar-refractivity contribution in [3.05, 3.63) is 6.33 Å². The van der Waals surface area contributed by atoms with Crippen molar-refractivity contribution in [3.63, 3.8) is 0 Å². The molecule has 0 fully saturated rings. The van der Waals surface area contributed by atoms with E-state index in [4.69, 9.17) is 11.8 Å². The Kier molecular flexibility index (Phi) is 3.25. The monoisotopic (exact) mass is 201 g/mol. The normalized spacial score (nSPS) is 10.2. The summed E-state index contributed by atoms with van der Waals surface area (Å²) in [6, 6.07) is 0.288. The fourth-order valence-electron chi connectivity index (χ4n) is 0.764. The van der Waals surface area contributed by atoms with E-state index in [0.717, 1.165) is 0 Å². The molecule has 1 aromatic rings. The maximum atomic E-state index is 5.66. The number of hydrogen-bond donors (Lipinski definition) is 1. The minimum Gasteiger partial charge on any atom is -0.352 e. The van der Waals surface area contributed by atoms with Crippen molar-refractivity contribution in [2.45, 2.75) is 19.9 Å². The van der Waals surface area contributed by atoms with Crippen LogP contribution in [-0.4, -0.2) is 28.0 Å². The Labute approximate surface area is 82.3 Å². The number of rotatable bonds is 3. The fraction of sp³-hybridized carbons (Fsp3) is 0.571. The summed E-state index contributed by atoms with van der Waals surface area (Å²) in [6.07, 6.45) is 1.42. The second-order valence-corrected chi connectivity index (χ2v) is 3.39. The average molecular weight is 202 g/mol. The molecule has 1 heterocycles. The van der Waals surface area contributed by atoms with Crippen molar-refractivity contribution in [1.29, 1.82) is 0 Å². The first-order valence-electron chi connectivity index (χ1n) is 3.94. The van der Waals surface area contributed by atoms with Gasteiger partial charge in [0.05, 0.1) is 0 Å². The standard InChI is InChI=1S/C7H12ClN5/c1-5(2)11-6-9-4-10-7(12-6)13(3)8/h4-5H,1-3H3,(H,9,10,11,12). The van der Waals surface area contributed by atoms with E-state index in [-0.39, 0.29) is 6.04 Å². The van der Waals surface area contributed by atoms with E-state index in [0.29, 0.717) is 11.9 Å². The van der Waals surface area contributed by atoms with Crippen LogP contribution < -0.4 is 9.74 Å². The molecule has 5 nitrogen and oxygen atoms in total. The van der Waals surface area contributed by atoms with E-state index in [1.807, 2.05) is 13.8 Å². The van der Waals surface area contributed by atoms with Gasteiger partial charge in [0.15, 0.2) is 0 Å². The molecule has 0 saturated carbocycles. The number of anilines is 2. The van der Waals surface area contributed by atoms with Gasteiger partial charge in [-0.05, 0) is 13.8 Å². The van der Waals surface area contributed by atoms with Crippen LogP contribution in [0.25, 0.3) is 0 Å². The Morgan fingerprint density at radius 1 is 1.46 bits per heavy atom. The summed E-state index contributed by atoms with van der Waals surface area (Å²) >= 11 is 5.66. The highest BCUT2D eigenvalue weighted by Crippen LogP contribution is 2.08. The topological polar surface area (TPSA) is 53.9 Å². The van der Waals surface area contributed by atoms with Crippen molar-refractivity contribution in [1.82, 2.24) is 15.0 Å². The van der Waals surface area contributed by atoms with Crippen LogP contribution in [0.3, 0.4) is 0 Å². The molecule has 0 aromatic carbocycles. The molecule has 0 amide bonds. The maximum absolute atomic E-state index is 5.66. The zero-order valence-corrected chi connectivity index (χ0v) is 8.58. The maximum Gasteiger partial charge on any atom is 0.244 e. The molecule has 13 heavy (non-hydrogen) atoms. The first kappa shape index (κ1) is 9.98. The van der Waals surface area contributed by atoms with Gasteiger partial charge in [0.25, 0.3) is 0 Å². The molecule has 6 heteroatoms. The molecule has 0 saturated heterocycles. The molecule has 0 aliphatic heterocycles. The number of hydrogen-bond acceptors (Lipinski definition) is 5. The van der Waals surface area contributed by atoms with E-state index >= 15 is 0 Å². The van der Waals surface area contributed by atoms with Crippen LogP contribution in [0.1, 0.15) is 13.8 Å². The van der Waals surface area contributed by atoms with Crippen LogP contribution in [-0.2, 0) is 0 Å². The Hall–Kier alpha value is -1.10. The first-order valence-corrected chi connectivity index (χ1v) is 4.28. The Balaban J connectivity index is 2.79. The van der Waals surface area contributed by atoms with Crippen molar-refractivity contribution in [2.24, 2.45) is 0 Å². The quantitative estimate of drug-likeness (QED) is 0.747. The van der Waals surface area contributed by atoms with E-state index in [1.54, 1.807) is 7.05 Å². The van der Waals surface area contributed by atoms with Gasteiger partial charge >= 0.3 is 0 Å². The van der Waals surface area contributed by atoms with E-state index in [2.05, 4.69) is 20.3 Å². The van der Waals surface area contributed by atoms with Gasteiger partial charge in [0.2, 0.25) is 11.9 Å². The van der Waals surface area contributed by atoms with Crippen LogP contribution >= 0.6 is 11.8 Å². The SMILES string of the molecule is CC(C)Nc1ncnc(N(C)Cl)n1. The second kappa shape index (κ2) is 4.23. The highest BCUT2D eigenvalue weighted by Gasteiger charge is 2.03. The average Bonchev–Trinajstić information content (AvgIpc) is 2.03. The Bertz CT molecular complexity index is 275. The zero-order chi connectivity index (χ0) is 9.84. The summed E-state index contributed by atoms with van der Waals surface area (Å²) < 4.78 is 1.31. The predicted molar refractivity (Wildman–Crippen MR) is 52.8 cm³/mol. The third-order valence-electron chi connectivity index (χ3n) is 1.25. The molecule has 0 unspecified atom stereocenters. The summed E-state index contributed by atoms with van der Waals surface area (Å²) in [4.78, 5) is 11.9. The zero-order valence-electron chi connectivity index (χ0n) is 7.82. The lowest BCUT2D eigenvalue weighted by Gasteiger charge is -2.10. The van der Waals surface area contributed by atoms with E-state index in [9.17, 15) is 0 Å². The van der Waals surface area contributed by atoms with Crippen LogP contribution in [0.4, 0.5) is 11.9 Å². The van der Waals surface area contributed by atoms with Gasteiger partial charge < -0.3 is 5.32 Å². The highest BCUT2D eigenvalue weighted by molar-refractivity contribution is 6.24. The third kappa shape index (κ3) is 3.02. The largest absolute Gasteiger partial charge is 0.352 e. The molecule has 1 aromatic heterocycles. The molecule has 0 spiro atoms. The summed E-state index contributed by atoms with van der Waals surface area (Å²) in [7, 11) is 1.66. The van der Waals surface area contributed by atoms with Crippen molar-refractivity contribution in [2.75, 3.05) is 16.8 Å². The molecule has 0 atom stereocenters. The molecular weight excluding hydrogens is 190 g/mol. The lowest BCUT2D eigenvalue weighted by atomic mass is 10.4. The van der Waals surface area contributed by atoms with Crippen LogP contribution in [0, 0.1) is 0 Å². The Morgan fingerprint density at radius 2 is 2.15 bits per heavy atom. The highest BCUT2D eigenvalue weighted by atomic mass is 35.5. The number of aromatic nitrogens is 3. The lowest BCUT2D eigenvalue weighted by Crippen LogP contribution is -2.14. The predicted octanol–water partition coefficient (Wildman–Crippen LogP) is 1.28. The third-order valence-corrected chi connectivity index (χ3v) is 1.40. The molecule has 0 radical (unpaired) electrons. The van der Waals surface area contributed by atoms with Crippen LogP contribution in [0.15, 0.2) is 6.33 Å². The van der Waals surface area contributed by atoms with Gasteiger partial charge in [-0.3, -0.25) is 4.42 Å². The van der Waals surface area contributed by atoms with Gasteiger partial charge in [-0.15, -0.1) is 0 Å².